The third-order valence-corrected chi connectivity index (χ3v) is 5.63. The van der Waals surface area contributed by atoms with Crippen LogP contribution in [0.15, 0.2) is 40.1 Å². The van der Waals surface area contributed by atoms with E-state index in [1.165, 1.54) is 43.1 Å². The first-order chi connectivity index (χ1) is 9.71. The minimum Gasteiger partial charge on any atom is -0.299 e. The van der Waals surface area contributed by atoms with E-state index in [2.05, 4.69) is 0 Å². The molecule has 0 bridgehead atoms. The van der Waals surface area contributed by atoms with E-state index in [1.807, 2.05) is 0 Å². The molecule has 0 atom stereocenters. The highest BCUT2D eigenvalue weighted by molar-refractivity contribution is 5.17. The van der Waals surface area contributed by atoms with Gasteiger partial charge in [-0.1, -0.05) is 12.1 Å². The van der Waals surface area contributed by atoms with Gasteiger partial charge in [0.25, 0.3) is 3.57 Å². The molecule has 112 valence electrons. The number of hydrogen-bond donors (Lipinski definition) is 0. The first kappa shape index (κ1) is 15.8. The van der Waals surface area contributed by atoms with Crippen LogP contribution < -0.4 is 32.5 Å². The zero-order chi connectivity index (χ0) is 15.8. The van der Waals surface area contributed by atoms with Crippen LogP contribution in [0, 0.1) is 7.14 Å². The lowest BCUT2D eigenvalue weighted by molar-refractivity contribution is -0.602. The molecule has 0 saturated carbocycles. The zero-order valence-corrected chi connectivity index (χ0v) is 13.3. The van der Waals surface area contributed by atoms with Crippen molar-refractivity contribution in [2.45, 2.75) is 6.18 Å². The highest BCUT2D eigenvalue weighted by Gasteiger charge is 2.39. The molecule has 0 unspecified atom stereocenters. The molecule has 4 nitrogen and oxygen atoms in total. The maximum atomic E-state index is 13.0. The van der Waals surface area contributed by atoms with Crippen molar-refractivity contribution in [2.24, 2.45) is 14.1 Å². The molecule has 0 aliphatic heterocycles. The Morgan fingerprint density at radius 3 is 2.29 bits per heavy atom. The Morgan fingerprint density at radius 1 is 1.05 bits per heavy atom. The quantitative estimate of drug-likeness (QED) is 0.550. The van der Waals surface area contributed by atoms with Crippen LogP contribution >= 0.6 is 0 Å². The Balaban J connectivity index is 2.55. The van der Waals surface area contributed by atoms with Gasteiger partial charge in [-0.05, 0) is 12.1 Å². The Bertz CT molecular complexity index is 793. The number of hydrogen-bond acceptors (Lipinski definition) is 2. The fourth-order valence-electron chi connectivity index (χ4n) is 1.71. The van der Waals surface area contributed by atoms with Crippen LogP contribution in [-0.2, 0) is 20.3 Å². The van der Waals surface area contributed by atoms with Gasteiger partial charge in [0.05, 0.1) is 6.20 Å². The predicted octanol–water partition coefficient (Wildman–Crippen LogP) is -1.77. The molecule has 1 aromatic heterocycles. The van der Waals surface area contributed by atoms with Crippen molar-refractivity contribution in [2.75, 3.05) is 0 Å². The van der Waals surface area contributed by atoms with E-state index >= 15 is 0 Å². The highest BCUT2D eigenvalue weighted by atomic mass is 127. The van der Waals surface area contributed by atoms with Crippen molar-refractivity contribution in [3.8, 4) is 0 Å². The molecule has 21 heavy (non-hydrogen) atoms. The minimum atomic E-state index is -4.46. The zero-order valence-electron chi connectivity index (χ0n) is 11.1. The van der Waals surface area contributed by atoms with Gasteiger partial charge in [-0.3, -0.25) is 13.9 Å². The van der Waals surface area contributed by atoms with E-state index in [0.717, 1.165) is 10.6 Å². The van der Waals surface area contributed by atoms with Gasteiger partial charge in [-0.15, -0.1) is 0 Å². The van der Waals surface area contributed by atoms with E-state index in [4.69, 9.17) is 0 Å². The van der Waals surface area contributed by atoms with Crippen molar-refractivity contribution in [1.82, 2.24) is 9.13 Å². The maximum absolute atomic E-state index is 13.0. The van der Waals surface area contributed by atoms with Crippen molar-refractivity contribution in [1.29, 1.82) is 0 Å². The van der Waals surface area contributed by atoms with Gasteiger partial charge in [0.2, 0.25) is 3.57 Å². The Hall–Kier alpha value is -1.58. The van der Waals surface area contributed by atoms with Crippen LogP contribution in [-0.4, -0.2) is 9.13 Å². The summed E-state index contributed by atoms with van der Waals surface area (Å²) in [6, 6.07) is 5.20. The van der Waals surface area contributed by atoms with Gasteiger partial charge in [0, 0.05) is 14.1 Å². The molecule has 2 aromatic rings. The van der Waals surface area contributed by atoms with E-state index < -0.39 is 44.2 Å². The molecule has 0 aliphatic carbocycles. The molecule has 0 saturated heterocycles. The monoisotopic (exact) mass is 411 g/mol. The second kappa shape index (κ2) is 5.66. The smallest absolute Gasteiger partial charge is 0.299 e. The minimum absolute atomic E-state index is 0.111. The number of aryl methyl sites for hydroxylation is 1. The van der Waals surface area contributed by atoms with Gasteiger partial charge >= 0.3 is 38.6 Å². The van der Waals surface area contributed by atoms with E-state index in [1.54, 1.807) is 0 Å². The normalized spacial score (nSPS) is 11.7. The molecule has 0 amide bonds. The summed E-state index contributed by atoms with van der Waals surface area (Å²) in [5.74, 6) is 0. The van der Waals surface area contributed by atoms with Gasteiger partial charge < -0.3 is 0 Å². The van der Waals surface area contributed by atoms with Crippen LogP contribution in [0.25, 0.3) is 0 Å². The van der Waals surface area contributed by atoms with Crippen molar-refractivity contribution >= 4 is 0 Å². The average Bonchev–Trinajstić information content (AvgIpc) is 2.42. The predicted molar refractivity (Wildman–Crippen MR) is 65.8 cm³/mol. The summed E-state index contributed by atoms with van der Waals surface area (Å²) in [7, 11) is 2.78. The topological polar surface area (TPSA) is 44.0 Å². The summed E-state index contributed by atoms with van der Waals surface area (Å²) in [6.45, 7) is 0. The summed E-state index contributed by atoms with van der Waals surface area (Å²) in [4.78, 5) is 23.6. The van der Waals surface area contributed by atoms with Crippen molar-refractivity contribution in [3.63, 3.8) is 0 Å². The van der Waals surface area contributed by atoms with Crippen molar-refractivity contribution in [3.05, 3.63) is 64.0 Å². The number of rotatable bonds is 2. The summed E-state index contributed by atoms with van der Waals surface area (Å²) in [6.07, 6.45) is -3.13. The summed E-state index contributed by atoms with van der Waals surface area (Å²) in [5.41, 5.74) is -1.77. The first-order valence-corrected chi connectivity index (χ1v) is 7.95. The maximum Gasteiger partial charge on any atom is 0.420 e. The molecule has 1 heterocycles. The van der Waals surface area contributed by atoms with Gasteiger partial charge in [0.1, 0.15) is 5.56 Å². The molecule has 2 rings (SSSR count). The third kappa shape index (κ3) is 3.20. The fourth-order valence-corrected chi connectivity index (χ4v) is 4.65. The fraction of sp³-hybridized carbons (Fsp3) is 0.231. The van der Waals surface area contributed by atoms with Crippen LogP contribution in [0.2, 0.25) is 0 Å². The molecular weight excluding hydrogens is 400 g/mol. The number of benzene rings is 1. The van der Waals surface area contributed by atoms with E-state index in [-0.39, 0.29) is 7.14 Å². The number of halogens is 4. The summed E-state index contributed by atoms with van der Waals surface area (Å²) >= 11 is -1.34. The van der Waals surface area contributed by atoms with E-state index in [9.17, 15) is 22.8 Å². The average molecular weight is 411 g/mol. The lowest BCUT2D eigenvalue weighted by atomic mass is 10.2. The molecule has 0 radical (unpaired) electrons. The molecule has 0 fully saturated rings. The molecular formula is C13H11F3IN2O2+. The number of alkyl halides is 3. The van der Waals surface area contributed by atoms with Crippen LogP contribution in [0.4, 0.5) is 13.2 Å². The van der Waals surface area contributed by atoms with Gasteiger partial charge in [-0.2, -0.15) is 13.2 Å². The van der Waals surface area contributed by atoms with E-state index in [0.29, 0.717) is 0 Å². The van der Waals surface area contributed by atoms with Crippen molar-refractivity contribution < 1.29 is 34.4 Å². The Kier molecular flexibility index (Phi) is 4.26. The van der Waals surface area contributed by atoms with Crippen LogP contribution in [0.1, 0.15) is 5.56 Å². The molecule has 1 aromatic carbocycles. The number of aromatic nitrogens is 2. The second-order valence-electron chi connectivity index (χ2n) is 4.31. The largest absolute Gasteiger partial charge is 0.420 e. The SMILES string of the molecule is Cn1cc([I+]c2ccccc2C(F)(F)F)c(=O)n(C)c1=O. The van der Waals surface area contributed by atoms with Crippen LogP contribution in [0.5, 0.6) is 0 Å². The number of nitrogens with zero attached hydrogens (tertiary/aromatic N) is 2. The lowest BCUT2D eigenvalue weighted by Gasteiger charge is -2.05. The third-order valence-electron chi connectivity index (χ3n) is 2.79. The van der Waals surface area contributed by atoms with Gasteiger partial charge in [0.15, 0.2) is 0 Å². The Morgan fingerprint density at radius 2 is 1.67 bits per heavy atom. The molecule has 0 spiro atoms. The van der Waals surface area contributed by atoms with Gasteiger partial charge in [-0.25, -0.2) is 4.79 Å². The summed E-state index contributed by atoms with van der Waals surface area (Å²) in [5, 5.41) is 0. The lowest BCUT2D eigenvalue weighted by Crippen LogP contribution is -3.62. The molecule has 0 aliphatic rings. The second-order valence-corrected chi connectivity index (χ2v) is 7.17. The highest BCUT2D eigenvalue weighted by Crippen LogP contribution is 2.28. The summed E-state index contributed by atoms with van der Waals surface area (Å²) < 4.78 is 41.3. The molecule has 8 heteroatoms. The first-order valence-electron chi connectivity index (χ1n) is 5.79. The molecule has 0 N–H and O–H groups in total. The standard InChI is InChI=1S/C13H11F3IN2O2/c1-18-7-10(11(20)19(2)12(18)21)17-9-6-4-3-5-8(9)13(14,15)16/h3-7H,1-2H3/q+1. The van der Waals surface area contributed by atoms with Crippen LogP contribution in [0.3, 0.4) is 0 Å². The Labute approximate surface area is 128 Å².